The third-order valence-corrected chi connectivity index (χ3v) is 4.11. The first-order valence-electron chi connectivity index (χ1n) is 6.83. The van der Waals surface area contributed by atoms with Gasteiger partial charge in [0.05, 0.1) is 11.8 Å². The third-order valence-electron chi connectivity index (χ3n) is 3.26. The van der Waals surface area contributed by atoms with Gasteiger partial charge < -0.3 is 10.1 Å². The highest BCUT2D eigenvalue weighted by molar-refractivity contribution is 7.09. The summed E-state index contributed by atoms with van der Waals surface area (Å²) in [4.78, 5) is 4.68. The second kappa shape index (κ2) is 6.13. The average molecular weight is 268 g/mol. The molecule has 1 N–H and O–H groups in total. The molecule has 0 aromatic carbocycles. The summed E-state index contributed by atoms with van der Waals surface area (Å²) < 4.78 is 5.60. The molecule has 0 saturated carbocycles. The molecule has 0 amide bonds. The first-order chi connectivity index (χ1) is 8.55. The van der Waals surface area contributed by atoms with Gasteiger partial charge in [-0.05, 0) is 25.8 Å². The zero-order chi connectivity index (χ0) is 13.0. The van der Waals surface area contributed by atoms with Gasteiger partial charge in [0.25, 0.3) is 0 Å². The molecule has 1 atom stereocenters. The second-order valence-corrected chi connectivity index (χ2v) is 6.92. The number of nitrogens with one attached hydrogen (secondary N) is 1. The molecule has 18 heavy (non-hydrogen) atoms. The SMILES string of the molecule is CC(C)(C)c1csc(CNCCC2CCCO2)n1. The van der Waals surface area contributed by atoms with E-state index in [1.165, 1.54) is 23.5 Å². The van der Waals surface area contributed by atoms with Gasteiger partial charge in [0.2, 0.25) is 0 Å². The summed E-state index contributed by atoms with van der Waals surface area (Å²) in [6.45, 7) is 9.47. The van der Waals surface area contributed by atoms with Crippen molar-refractivity contribution in [3.8, 4) is 0 Å². The van der Waals surface area contributed by atoms with Gasteiger partial charge in [0.15, 0.2) is 0 Å². The van der Waals surface area contributed by atoms with Crippen molar-refractivity contribution in [3.63, 3.8) is 0 Å². The zero-order valence-corrected chi connectivity index (χ0v) is 12.5. The molecule has 1 aliphatic rings. The summed E-state index contributed by atoms with van der Waals surface area (Å²) >= 11 is 1.75. The lowest BCUT2D eigenvalue weighted by atomic mass is 9.93. The summed E-state index contributed by atoms with van der Waals surface area (Å²) in [5.74, 6) is 0. The Bertz CT molecular complexity index is 364. The van der Waals surface area contributed by atoms with Crippen molar-refractivity contribution in [2.24, 2.45) is 0 Å². The Labute approximate surface area is 114 Å². The van der Waals surface area contributed by atoms with Gasteiger partial charge in [-0.25, -0.2) is 4.98 Å². The molecular weight excluding hydrogens is 244 g/mol. The number of hydrogen-bond acceptors (Lipinski definition) is 4. The van der Waals surface area contributed by atoms with Crippen LogP contribution in [0, 0.1) is 0 Å². The third kappa shape index (κ3) is 4.04. The summed E-state index contributed by atoms with van der Waals surface area (Å²) in [5, 5.41) is 6.83. The molecule has 1 fully saturated rings. The Morgan fingerprint density at radius 2 is 2.33 bits per heavy atom. The van der Waals surface area contributed by atoms with Crippen molar-refractivity contribution in [2.75, 3.05) is 13.2 Å². The minimum Gasteiger partial charge on any atom is -0.378 e. The van der Waals surface area contributed by atoms with Crippen molar-refractivity contribution in [3.05, 3.63) is 16.1 Å². The fourth-order valence-corrected chi connectivity index (χ4v) is 3.06. The Hall–Kier alpha value is -0.450. The summed E-state index contributed by atoms with van der Waals surface area (Å²) in [6.07, 6.45) is 4.07. The van der Waals surface area contributed by atoms with E-state index < -0.39 is 0 Å². The molecule has 2 rings (SSSR count). The molecule has 102 valence electrons. The normalized spacial score (nSPS) is 20.5. The van der Waals surface area contributed by atoms with Crippen LogP contribution in [0.1, 0.15) is 50.7 Å². The molecule has 4 heteroatoms. The van der Waals surface area contributed by atoms with Gasteiger partial charge >= 0.3 is 0 Å². The van der Waals surface area contributed by atoms with Crippen LogP contribution in [-0.4, -0.2) is 24.2 Å². The van der Waals surface area contributed by atoms with Gasteiger partial charge in [0.1, 0.15) is 5.01 Å². The number of thiazole rings is 1. The summed E-state index contributed by atoms with van der Waals surface area (Å²) in [5.41, 5.74) is 1.36. The van der Waals surface area contributed by atoms with Crippen LogP contribution < -0.4 is 5.32 Å². The monoisotopic (exact) mass is 268 g/mol. The standard InChI is InChI=1S/C14H24N2OS/c1-14(2,3)12-10-18-13(16-12)9-15-7-6-11-5-4-8-17-11/h10-11,15H,4-9H2,1-3H3. The van der Waals surface area contributed by atoms with E-state index in [0.29, 0.717) is 6.10 Å². The topological polar surface area (TPSA) is 34.1 Å². The molecule has 1 saturated heterocycles. The van der Waals surface area contributed by atoms with E-state index in [9.17, 15) is 0 Å². The van der Waals surface area contributed by atoms with E-state index in [0.717, 1.165) is 26.1 Å². The Balaban J connectivity index is 1.68. The largest absolute Gasteiger partial charge is 0.378 e. The van der Waals surface area contributed by atoms with Crippen LogP contribution in [0.15, 0.2) is 5.38 Å². The molecule has 1 unspecified atom stereocenters. The first-order valence-corrected chi connectivity index (χ1v) is 7.71. The van der Waals surface area contributed by atoms with Crippen molar-refractivity contribution in [1.82, 2.24) is 10.3 Å². The quantitative estimate of drug-likeness (QED) is 0.833. The van der Waals surface area contributed by atoms with E-state index in [1.54, 1.807) is 11.3 Å². The van der Waals surface area contributed by atoms with Crippen molar-refractivity contribution in [2.45, 2.75) is 58.1 Å². The van der Waals surface area contributed by atoms with Gasteiger partial charge in [-0.1, -0.05) is 20.8 Å². The number of ether oxygens (including phenoxy) is 1. The maximum atomic E-state index is 5.60. The van der Waals surface area contributed by atoms with E-state index >= 15 is 0 Å². The van der Waals surface area contributed by atoms with Crippen LogP contribution in [0.5, 0.6) is 0 Å². The molecule has 0 aliphatic carbocycles. The van der Waals surface area contributed by atoms with E-state index in [1.807, 2.05) is 0 Å². The van der Waals surface area contributed by atoms with Crippen LogP contribution in [0.2, 0.25) is 0 Å². The average Bonchev–Trinajstić information content (AvgIpc) is 2.95. The summed E-state index contributed by atoms with van der Waals surface area (Å²) in [7, 11) is 0. The lowest BCUT2D eigenvalue weighted by Gasteiger charge is -2.14. The van der Waals surface area contributed by atoms with Crippen LogP contribution in [0.25, 0.3) is 0 Å². The predicted molar refractivity (Wildman–Crippen MR) is 76.1 cm³/mol. The summed E-state index contributed by atoms with van der Waals surface area (Å²) in [6, 6.07) is 0. The van der Waals surface area contributed by atoms with Gasteiger partial charge in [0, 0.05) is 23.9 Å². The second-order valence-electron chi connectivity index (χ2n) is 5.98. The van der Waals surface area contributed by atoms with E-state index in [-0.39, 0.29) is 5.41 Å². The highest BCUT2D eigenvalue weighted by atomic mass is 32.1. The molecule has 1 aliphatic heterocycles. The first kappa shape index (κ1) is 14.0. The lowest BCUT2D eigenvalue weighted by Crippen LogP contribution is -2.20. The maximum absolute atomic E-state index is 5.60. The highest BCUT2D eigenvalue weighted by Crippen LogP contribution is 2.23. The molecule has 1 aromatic rings. The lowest BCUT2D eigenvalue weighted by molar-refractivity contribution is 0.104. The van der Waals surface area contributed by atoms with Crippen LogP contribution in [-0.2, 0) is 16.7 Å². The van der Waals surface area contributed by atoms with Crippen LogP contribution >= 0.6 is 11.3 Å². The molecule has 0 radical (unpaired) electrons. The van der Waals surface area contributed by atoms with Crippen molar-refractivity contribution >= 4 is 11.3 Å². The molecule has 1 aromatic heterocycles. The number of hydrogen-bond donors (Lipinski definition) is 1. The predicted octanol–water partition coefficient (Wildman–Crippen LogP) is 3.10. The van der Waals surface area contributed by atoms with Crippen LogP contribution in [0.3, 0.4) is 0 Å². The molecule has 0 bridgehead atoms. The molecule has 2 heterocycles. The fraction of sp³-hybridized carbons (Fsp3) is 0.786. The Kier molecular flexibility index (Phi) is 4.76. The van der Waals surface area contributed by atoms with Crippen molar-refractivity contribution in [1.29, 1.82) is 0 Å². The van der Waals surface area contributed by atoms with Gasteiger partial charge in [-0.2, -0.15) is 0 Å². The fourth-order valence-electron chi connectivity index (χ4n) is 2.07. The van der Waals surface area contributed by atoms with Gasteiger partial charge in [-0.3, -0.25) is 0 Å². The zero-order valence-electron chi connectivity index (χ0n) is 11.7. The minimum atomic E-state index is 0.159. The number of rotatable bonds is 5. The smallest absolute Gasteiger partial charge is 0.107 e. The Morgan fingerprint density at radius 3 is 2.94 bits per heavy atom. The van der Waals surface area contributed by atoms with Crippen LogP contribution in [0.4, 0.5) is 0 Å². The van der Waals surface area contributed by atoms with Crippen molar-refractivity contribution < 1.29 is 4.74 Å². The maximum Gasteiger partial charge on any atom is 0.107 e. The highest BCUT2D eigenvalue weighted by Gasteiger charge is 2.17. The van der Waals surface area contributed by atoms with E-state index in [2.05, 4.69) is 36.5 Å². The molecular formula is C14H24N2OS. The molecule has 0 spiro atoms. The number of aromatic nitrogens is 1. The van der Waals surface area contributed by atoms with Gasteiger partial charge in [-0.15, -0.1) is 11.3 Å². The minimum absolute atomic E-state index is 0.159. The number of nitrogens with zero attached hydrogens (tertiary/aromatic N) is 1. The Morgan fingerprint density at radius 1 is 1.50 bits per heavy atom. The van der Waals surface area contributed by atoms with E-state index in [4.69, 9.17) is 4.74 Å². The molecule has 3 nitrogen and oxygen atoms in total.